The number of nitrogens with one attached hydrogen (secondary N) is 1. The first-order valence-corrected chi connectivity index (χ1v) is 9.06. The number of hydrogen-bond acceptors (Lipinski definition) is 5. The van der Waals surface area contributed by atoms with Crippen molar-refractivity contribution >= 4 is 28.4 Å². The minimum absolute atomic E-state index is 0.234. The topological polar surface area (TPSA) is 81.9 Å². The largest absolute Gasteiger partial charge is 0.494 e. The van der Waals surface area contributed by atoms with Crippen LogP contribution >= 0.6 is 0 Å². The van der Waals surface area contributed by atoms with Crippen LogP contribution in [0.15, 0.2) is 66.7 Å². The van der Waals surface area contributed by atoms with Gasteiger partial charge in [0.2, 0.25) is 5.91 Å². The summed E-state index contributed by atoms with van der Waals surface area (Å²) in [7, 11) is 1.57. The Morgan fingerprint density at radius 3 is 2.72 bits per heavy atom. The Kier molecular flexibility index (Phi) is 5.03. The molecule has 1 heterocycles. The fourth-order valence-corrected chi connectivity index (χ4v) is 3.13. The molecule has 0 bridgehead atoms. The molecule has 4 rings (SSSR count). The van der Waals surface area contributed by atoms with E-state index in [2.05, 4.69) is 20.8 Å². The molecule has 29 heavy (non-hydrogen) atoms. The number of tetrazole rings is 1. The molecule has 0 unspecified atom stereocenters. The molecule has 7 heteroatoms. The van der Waals surface area contributed by atoms with Gasteiger partial charge in [-0.1, -0.05) is 42.5 Å². The van der Waals surface area contributed by atoms with Crippen LogP contribution in [0, 0.1) is 6.92 Å². The summed E-state index contributed by atoms with van der Waals surface area (Å²) in [4.78, 5) is 12.5. The number of amides is 1. The van der Waals surface area contributed by atoms with Crippen LogP contribution in [0.4, 0.5) is 5.69 Å². The third-order valence-corrected chi connectivity index (χ3v) is 4.54. The molecule has 0 spiro atoms. The van der Waals surface area contributed by atoms with Gasteiger partial charge >= 0.3 is 0 Å². The number of anilines is 1. The lowest BCUT2D eigenvalue weighted by molar-refractivity contribution is -0.111. The lowest BCUT2D eigenvalue weighted by Gasteiger charge is -2.11. The second-order valence-corrected chi connectivity index (χ2v) is 6.42. The van der Waals surface area contributed by atoms with Crippen molar-refractivity contribution in [3.8, 4) is 11.4 Å². The summed E-state index contributed by atoms with van der Waals surface area (Å²) < 4.78 is 6.94. The summed E-state index contributed by atoms with van der Waals surface area (Å²) >= 11 is 0. The maximum atomic E-state index is 12.5. The molecule has 1 aromatic heterocycles. The Bertz CT molecular complexity index is 1210. The van der Waals surface area contributed by atoms with E-state index in [-0.39, 0.29) is 5.91 Å². The number of aryl methyl sites for hydroxylation is 1. The normalized spacial score (nSPS) is 11.1. The smallest absolute Gasteiger partial charge is 0.248 e. The molecule has 0 atom stereocenters. The van der Waals surface area contributed by atoms with Gasteiger partial charge in [0.25, 0.3) is 0 Å². The molecule has 4 aromatic rings. The van der Waals surface area contributed by atoms with Gasteiger partial charge in [0.1, 0.15) is 11.4 Å². The molecule has 0 fully saturated rings. The second kappa shape index (κ2) is 7.93. The van der Waals surface area contributed by atoms with Gasteiger partial charge in [-0.2, -0.15) is 4.68 Å². The Balaban J connectivity index is 1.57. The number of benzene rings is 3. The van der Waals surface area contributed by atoms with Gasteiger partial charge in [-0.25, -0.2) is 0 Å². The second-order valence-electron chi connectivity index (χ2n) is 6.42. The highest BCUT2D eigenvalue weighted by molar-refractivity contribution is 6.03. The molecule has 0 radical (unpaired) electrons. The summed E-state index contributed by atoms with van der Waals surface area (Å²) in [5.41, 5.74) is 2.24. The van der Waals surface area contributed by atoms with Crippen LogP contribution in [-0.4, -0.2) is 33.2 Å². The van der Waals surface area contributed by atoms with Gasteiger partial charge in [-0.15, -0.1) is 5.10 Å². The number of ether oxygens (including phenoxy) is 1. The van der Waals surface area contributed by atoms with Crippen molar-refractivity contribution in [1.29, 1.82) is 0 Å². The fourth-order valence-electron chi connectivity index (χ4n) is 3.13. The molecule has 3 aromatic carbocycles. The highest BCUT2D eigenvalue weighted by Crippen LogP contribution is 2.26. The monoisotopic (exact) mass is 385 g/mol. The molecular formula is C22H19N5O2. The number of fused-ring (bicyclic) bond motifs is 1. The first-order chi connectivity index (χ1) is 14.2. The summed E-state index contributed by atoms with van der Waals surface area (Å²) in [6, 6.07) is 19.4. The molecule has 0 aliphatic heterocycles. The Hall–Kier alpha value is -4.00. The predicted molar refractivity (Wildman–Crippen MR) is 112 cm³/mol. The fraction of sp³-hybridized carbons (Fsp3) is 0.0909. The summed E-state index contributed by atoms with van der Waals surface area (Å²) in [5.74, 6) is 0.981. The zero-order chi connectivity index (χ0) is 20.2. The molecule has 1 amide bonds. The van der Waals surface area contributed by atoms with E-state index >= 15 is 0 Å². The van der Waals surface area contributed by atoms with Crippen LogP contribution in [-0.2, 0) is 4.79 Å². The molecule has 0 aliphatic carbocycles. The van der Waals surface area contributed by atoms with Crippen molar-refractivity contribution in [3.05, 3.63) is 78.1 Å². The average Bonchev–Trinajstić information content (AvgIpc) is 3.18. The lowest BCUT2D eigenvalue weighted by Crippen LogP contribution is -2.09. The molecule has 0 saturated heterocycles. The minimum atomic E-state index is -0.234. The minimum Gasteiger partial charge on any atom is -0.494 e. The van der Waals surface area contributed by atoms with Crippen LogP contribution in [0.1, 0.15) is 11.4 Å². The number of nitrogens with zero attached hydrogens (tertiary/aromatic N) is 4. The number of carbonyl (C=O) groups is 1. The van der Waals surface area contributed by atoms with E-state index in [1.807, 2.05) is 48.5 Å². The number of carbonyl (C=O) groups excluding carboxylic acids is 1. The van der Waals surface area contributed by atoms with E-state index in [4.69, 9.17) is 4.74 Å². The summed E-state index contributed by atoms with van der Waals surface area (Å²) in [5, 5.41) is 16.6. The SMILES string of the molecule is COc1ccc(NC(=O)/C=C/c2cccc3ccccc23)cc1-n1nnnc1C. The number of aromatic nitrogens is 4. The van der Waals surface area contributed by atoms with Gasteiger partial charge in [-0.05, 0) is 58.0 Å². The van der Waals surface area contributed by atoms with Crippen LogP contribution in [0.5, 0.6) is 5.75 Å². The first-order valence-electron chi connectivity index (χ1n) is 9.06. The highest BCUT2D eigenvalue weighted by atomic mass is 16.5. The number of methoxy groups -OCH3 is 1. The summed E-state index contributed by atoms with van der Waals surface area (Å²) in [6.07, 6.45) is 3.33. The van der Waals surface area contributed by atoms with Crippen molar-refractivity contribution in [1.82, 2.24) is 20.2 Å². The Morgan fingerprint density at radius 1 is 1.10 bits per heavy atom. The zero-order valence-corrected chi connectivity index (χ0v) is 16.0. The maximum Gasteiger partial charge on any atom is 0.248 e. The molecule has 7 nitrogen and oxygen atoms in total. The molecule has 0 saturated carbocycles. The van der Waals surface area contributed by atoms with Gasteiger partial charge in [-0.3, -0.25) is 4.79 Å². The van der Waals surface area contributed by atoms with Gasteiger partial charge in [0.15, 0.2) is 5.82 Å². The average molecular weight is 385 g/mol. The molecule has 0 aliphatic rings. The van der Waals surface area contributed by atoms with Crippen LogP contribution in [0.3, 0.4) is 0 Å². The van der Waals surface area contributed by atoms with Crippen molar-refractivity contribution < 1.29 is 9.53 Å². The van der Waals surface area contributed by atoms with Crippen molar-refractivity contribution in [2.75, 3.05) is 12.4 Å². The van der Waals surface area contributed by atoms with Crippen molar-refractivity contribution in [2.24, 2.45) is 0 Å². The standard InChI is InChI=1S/C22H19N5O2/c1-15-24-25-26-27(15)20-14-18(11-12-21(20)29-2)23-22(28)13-10-17-8-5-7-16-6-3-4-9-19(16)17/h3-14H,1-2H3,(H,23,28)/b13-10+. The van der Waals surface area contributed by atoms with Crippen molar-refractivity contribution in [3.63, 3.8) is 0 Å². The number of hydrogen-bond donors (Lipinski definition) is 1. The highest BCUT2D eigenvalue weighted by Gasteiger charge is 2.12. The van der Waals surface area contributed by atoms with Crippen molar-refractivity contribution in [2.45, 2.75) is 6.92 Å². The maximum absolute atomic E-state index is 12.5. The van der Waals surface area contributed by atoms with Crippen LogP contribution in [0.25, 0.3) is 22.5 Å². The Morgan fingerprint density at radius 2 is 1.93 bits per heavy atom. The van der Waals surface area contributed by atoms with E-state index in [1.54, 1.807) is 36.9 Å². The van der Waals surface area contributed by atoms with Gasteiger partial charge in [0, 0.05) is 11.8 Å². The van der Waals surface area contributed by atoms with E-state index in [9.17, 15) is 4.79 Å². The molecule has 144 valence electrons. The molecular weight excluding hydrogens is 366 g/mol. The predicted octanol–water partition coefficient (Wildman–Crippen LogP) is 3.78. The van der Waals surface area contributed by atoms with E-state index in [0.29, 0.717) is 22.9 Å². The van der Waals surface area contributed by atoms with Gasteiger partial charge < -0.3 is 10.1 Å². The third kappa shape index (κ3) is 3.84. The number of rotatable bonds is 5. The lowest BCUT2D eigenvalue weighted by atomic mass is 10.0. The summed E-state index contributed by atoms with van der Waals surface area (Å²) in [6.45, 7) is 1.79. The first kappa shape index (κ1) is 18.4. The third-order valence-electron chi connectivity index (χ3n) is 4.54. The van der Waals surface area contributed by atoms with E-state index in [0.717, 1.165) is 16.3 Å². The van der Waals surface area contributed by atoms with Crippen LogP contribution in [0.2, 0.25) is 0 Å². The molecule has 1 N–H and O–H groups in total. The van der Waals surface area contributed by atoms with E-state index in [1.165, 1.54) is 6.08 Å². The zero-order valence-electron chi connectivity index (χ0n) is 16.0. The quantitative estimate of drug-likeness (QED) is 0.529. The Labute approximate surface area is 167 Å². The van der Waals surface area contributed by atoms with E-state index < -0.39 is 0 Å². The van der Waals surface area contributed by atoms with Crippen LogP contribution < -0.4 is 10.1 Å². The van der Waals surface area contributed by atoms with Gasteiger partial charge in [0.05, 0.1) is 7.11 Å².